The van der Waals surface area contributed by atoms with Crippen LogP contribution in [0.2, 0.25) is 0 Å². The van der Waals surface area contributed by atoms with E-state index in [4.69, 9.17) is 0 Å². The summed E-state index contributed by atoms with van der Waals surface area (Å²) in [4.78, 5) is 30.2. The van der Waals surface area contributed by atoms with E-state index in [0.717, 1.165) is 39.0 Å². The highest BCUT2D eigenvalue weighted by atomic mass is 16.2. The molecule has 1 aliphatic carbocycles. The average molecular weight is 280 g/mol. The van der Waals surface area contributed by atoms with Crippen LogP contribution in [0.15, 0.2) is 0 Å². The lowest BCUT2D eigenvalue weighted by Crippen LogP contribution is -3.12. The summed E-state index contributed by atoms with van der Waals surface area (Å²) in [5.74, 6) is 0.336. The maximum Gasteiger partial charge on any atom is 0.228 e. The third-order valence-corrected chi connectivity index (χ3v) is 5.20. The van der Waals surface area contributed by atoms with Gasteiger partial charge < -0.3 is 14.7 Å². The number of rotatable bonds is 2. The standard InChI is InChI=1S/C15H25N3O2/c1-16-6-8-17(9-7-16)15(20)12-10-14(19)18(11-12)13-4-2-3-5-13/h12-13H,2-11H2,1H3/p+1/t12-/m0/s1. The Morgan fingerprint density at radius 2 is 1.85 bits per heavy atom. The molecule has 0 spiro atoms. The molecule has 1 atom stereocenters. The van der Waals surface area contributed by atoms with Crippen molar-refractivity contribution in [3.8, 4) is 0 Å². The zero-order valence-electron chi connectivity index (χ0n) is 12.4. The van der Waals surface area contributed by atoms with Crippen molar-refractivity contribution in [2.24, 2.45) is 5.92 Å². The van der Waals surface area contributed by atoms with Crippen LogP contribution in [0, 0.1) is 5.92 Å². The molecule has 2 aliphatic heterocycles. The highest BCUT2D eigenvalue weighted by Crippen LogP contribution is 2.30. The molecule has 20 heavy (non-hydrogen) atoms. The van der Waals surface area contributed by atoms with E-state index >= 15 is 0 Å². The van der Waals surface area contributed by atoms with E-state index in [-0.39, 0.29) is 17.7 Å². The molecule has 0 aromatic heterocycles. The zero-order valence-corrected chi connectivity index (χ0v) is 12.4. The topological polar surface area (TPSA) is 45.1 Å². The molecule has 0 aromatic carbocycles. The van der Waals surface area contributed by atoms with Gasteiger partial charge in [-0.3, -0.25) is 9.59 Å². The predicted octanol–water partition coefficient (Wildman–Crippen LogP) is -0.866. The Morgan fingerprint density at radius 1 is 1.20 bits per heavy atom. The SMILES string of the molecule is C[NH+]1CCN(C(=O)[C@H]2CC(=O)N(C3CCCC3)C2)CC1. The Hall–Kier alpha value is -1.10. The molecule has 1 saturated carbocycles. The molecule has 3 rings (SSSR count). The van der Waals surface area contributed by atoms with Crippen molar-refractivity contribution in [1.29, 1.82) is 0 Å². The lowest BCUT2D eigenvalue weighted by molar-refractivity contribution is -0.883. The van der Waals surface area contributed by atoms with E-state index in [1.54, 1.807) is 0 Å². The van der Waals surface area contributed by atoms with Crippen molar-refractivity contribution in [1.82, 2.24) is 9.80 Å². The molecule has 112 valence electrons. The molecular formula is C15H26N3O2+. The van der Waals surface area contributed by atoms with Gasteiger partial charge in [-0.15, -0.1) is 0 Å². The van der Waals surface area contributed by atoms with Crippen LogP contribution in [0.4, 0.5) is 0 Å². The summed E-state index contributed by atoms with van der Waals surface area (Å²) < 4.78 is 0. The monoisotopic (exact) mass is 280 g/mol. The van der Waals surface area contributed by atoms with Gasteiger partial charge in [-0.25, -0.2) is 0 Å². The Kier molecular flexibility index (Phi) is 3.96. The summed E-state index contributed by atoms with van der Waals surface area (Å²) in [6.07, 6.45) is 5.16. The molecule has 0 radical (unpaired) electrons. The first-order valence-electron chi connectivity index (χ1n) is 8.04. The van der Waals surface area contributed by atoms with E-state index in [1.165, 1.54) is 17.7 Å². The number of hydrogen-bond acceptors (Lipinski definition) is 2. The minimum Gasteiger partial charge on any atom is -0.339 e. The number of piperazine rings is 1. The molecule has 0 unspecified atom stereocenters. The molecule has 5 heteroatoms. The van der Waals surface area contributed by atoms with Gasteiger partial charge >= 0.3 is 0 Å². The first-order chi connectivity index (χ1) is 9.65. The Balaban J connectivity index is 1.58. The minimum atomic E-state index is -0.0819. The fraction of sp³-hybridized carbons (Fsp3) is 0.867. The van der Waals surface area contributed by atoms with Crippen molar-refractivity contribution in [3.05, 3.63) is 0 Å². The van der Waals surface area contributed by atoms with Crippen LogP contribution in [-0.2, 0) is 9.59 Å². The molecule has 2 saturated heterocycles. The summed E-state index contributed by atoms with van der Waals surface area (Å²) in [5, 5.41) is 0. The minimum absolute atomic E-state index is 0.0819. The number of likely N-dealkylation sites (tertiary alicyclic amines) is 1. The van der Waals surface area contributed by atoms with E-state index in [0.29, 0.717) is 19.0 Å². The van der Waals surface area contributed by atoms with Gasteiger partial charge in [-0.2, -0.15) is 0 Å². The van der Waals surface area contributed by atoms with Crippen molar-refractivity contribution in [2.75, 3.05) is 39.8 Å². The first-order valence-corrected chi connectivity index (χ1v) is 8.04. The quantitative estimate of drug-likeness (QED) is 0.715. The smallest absolute Gasteiger partial charge is 0.228 e. The molecular weight excluding hydrogens is 254 g/mol. The number of hydrogen-bond donors (Lipinski definition) is 1. The van der Waals surface area contributed by atoms with Gasteiger partial charge in [-0.05, 0) is 12.8 Å². The van der Waals surface area contributed by atoms with Crippen molar-refractivity contribution in [3.63, 3.8) is 0 Å². The van der Waals surface area contributed by atoms with Crippen LogP contribution in [0.25, 0.3) is 0 Å². The number of nitrogens with one attached hydrogen (secondary N) is 1. The predicted molar refractivity (Wildman–Crippen MR) is 75.3 cm³/mol. The van der Waals surface area contributed by atoms with Gasteiger partial charge in [0.05, 0.1) is 39.1 Å². The average Bonchev–Trinajstić information content (AvgIpc) is 3.07. The molecule has 3 aliphatic rings. The molecule has 2 heterocycles. The van der Waals surface area contributed by atoms with Crippen molar-refractivity contribution < 1.29 is 14.5 Å². The molecule has 2 amide bonds. The first kappa shape index (κ1) is 13.9. The second-order valence-electron chi connectivity index (χ2n) is 6.67. The summed E-state index contributed by atoms with van der Waals surface area (Å²) in [5.41, 5.74) is 0. The number of likely N-dealkylation sites (N-methyl/N-ethyl adjacent to an activating group) is 1. The van der Waals surface area contributed by atoms with Gasteiger partial charge in [0, 0.05) is 19.0 Å². The number of carbonyl (C=O) groups excluding carboxylic acids is 2. The molecule has 0 aromatic rings. The molecule has 1 N–H and O–H groups in total. The Labute approximate surface area is 120 Å². The fourth-order valence-electron chi connectivity index (χ4n) is 3.83. The molecule has 0 bridgehead atoms. The van der Waals surface area contributed by atoms with E-state index in [9.17, 15) is 9.59 Å². The van der Waals surface area contributed by atoms with Crippen LogP contribution >= 0.6 is 0 Å². The number of carbonyl (C=O) groups is 2. The maximum atomic E-state index is 12.6. The normalized spacial score (nSPS) is 29.4. The Morgan fingerprint density at radius 3 is 2.50 bits per heavy atom. The highest BCUT2D eigenvalue weighted by Gasteiger charge is 2.40. The lowest BCUT2D eigenvalue weighted by atomic mass is 10.1. The summed E-state index contributed by atoms with van der Waals surface area (Å²) in [6, 6.07) is 0.414. The summed E-state index contributed by atoms with van der Waals surface area (Å²) >= 11 is 0. The third kappa shape index (κ3) is 2.68. The molecule has 5 nitrogen and oxygen atoms in total. The van der Waals surface area contributed by atoms with E-state index < -0.39 is 0 Å². The largest absolute Gasteiger partial charge is 0.339 e. The zero-order chi connectivity index (χ0) is 14.1. The molecule has 3 fully saturated rings. The van der Waals surface area contributed by atoms with E-state index in [1.807, 2.05) is 9.80 Å². The summed E-state index contributed by atoms with van der Waals surface area (Å²) in [6.45, 7) is 4.41. The van der Waals surface area contributed by atoms with Gasteiger partial charge in [0.15, 0.2) is 0 Å². The van der Waals surface area contributed by atoms with Crippen LogP contribution in [0.1, 0.15) is 32.1 Å². The van der Waals surface area contributed by atoms with Gasteiger partial charge in [0.1, 0.15) is 0 Å². The van der Waals surface area contributed by atoms with Crippen molar-refractivity contribution >= 4 is 11.8 Å². The van der Waals surface area contributed by atoms with Crippen LogP contribution in [0.3, 0.4) is 0 Å². The Bertz CT molecular complexity index is 385. The maximum absolute atomic E-state index is 12.6. The van der Waals surface area contributed by atoms with Gasteiger partial charge in [0.25, 0.3) is 0 Å². The second kappa shape index (κ2) is 5.72. The lowest BCUT2D eigenvalue weighted by Gasteiger charge is -2.32. The van der Waals surface area contributed by atoms with Gasteiger partial charge in [-0.1, -0.05) is 12.8 Å². The van der Waals surface area contributed by atoms with E-state index in [2.05, 4.69) is 7.05 Å². The second-order valence-corrected chi connectivity index (χ2v) is 6.67. The number of quaternary nitrogens is 1. The third-order valence-electron chi connectivity index (χ3n) is 5.20. The fourth-order valence-corrected chi connectivity index (χ4v) is 3.83. The van der Waals surface area contributed by atoms with Gasteiger partial charge in [0.2, 0.25) is 11.8 Å². The number of amides is 2. The van der Waals surface area contributed by atoms with Crippen LogP contribution in [0.5, 0.6) is 0 Å². The van der Waals surface area contributed by atoms with Crippen LogP contribution in [-0.4, -0.2) is 67.4 Å². The highest BCUT2D eigenvalue weighted by molar-refractivity contribution is 5.89. The summed E-state index contributed by atoms with van der Waals surface area (Å²) in [7, 11) is 2.17. The van der Waals surface area contributed by atoms with Crippen molar-refractivity contribution in [2.45, 2.75) is 38.1 Å². The van der Waals surface area contributed by atoms with Crippen LogP contribution < -0.4 is 4.90 Å². The number of nitrogens with zero attached hydrogens (tertiary/aromatic N) is 2.